The first-order chi connectivity index (χ1) is 12.8. The Bertz CT molecular complexity index is 1020. The Morgan fingerprint density at radius 3 is 2.73 bits per heavy atom. The van der Waals surface area contributed by atoms with Crippen molar-refractivity contribution >= 4 is 39.8 Å². The molecular weight excluding hydrogens is 366 g/mol. The number of benzene rings is 1. The maximum absolute atomic E-state index is 12.1. The van der Waals surface area contributed by atoms with Crippen LogP contribution in [0.2, 0.25) is 0 Å². The monoisotopic (exact) mass is 379 g/mol. The zero-order chi connectivity index (χ0) is 17.8. The van der Waals surface area contributed by atoms with Crippen LogP contribution in [0.1, 0.15) is 5.56 Å². The predicted octanol–water partition coefficient (Wildman–Crippen LogP) is 4.10. The second kappa shape index (κ2) is 7.42. The average Bonchev–Trinajstić information content (AvgIpc) is 3.41. The van der Waals surface area contributed by atoms with Crippen molar-refractivity contribution in [1.29, 1.82) is 0 Å². The van der Waals surface area contributed by atoms with E-state index in [4.69, 9.17) is 5.10 Å². The van der Waals surface area contributed by atoms with Crippen molar-refractivity contribution in [3.8, 4) is 16.3 Å². The first-order valence-corrected chi connectivity index (χ1v) is 9.50. The number of hydrogen-bond donors (Lipinski definition) is 1. The van der Waals surface area contributed by atoms with E-state index in [1.807, 2.05) is 58.7 Å². The van der Waals surface area contributed by atoms with E-state index < -0.39 is 0 Å². The van der Waals surface area contributed by atoms with Gasteiger partial charge in [-0.05, 0) is 29.7 Å². The molecule has 4 aromatic rings. The summed E-state index contributed by atoms with van der Waals surface area (Å²) in [5.74, 6) is -0.258. The van der Waals surface area contributed by atoms with E-state index in [0.717, 1.165) is 21.8 Å². The topological polar surface area (TPSA) is 72.7 Å². The quantitative estimate of drug-likeness (QED) is 0.530. The molecule has 0 saturated heterocycles. The molecule has 128 valence electrons. The molecule has 0 aliphatic carbocycles. The molecule has 0 bridgehead atoms. The minimum absolute atomic E-state index is 0.258. The van der Waals surface area contributed by atoms with E-state index in [9.17, 15) is 4.79 Å². The van der Waals surface area contributed by atoms with Gasteiger partial charge < -0.3 is 0 Å². The summed E-state index contributed by atoms with van der Waals surface area (Å²) >= 11 is 2.88. The number of anilines is 1. The molecule has 4 rings (SSSR count). The van der Waals surface area contributed by atoms with Gasteiger partial charge in [0.05, 0.1) is 10.6 Å². The zero-order valence-corrected chi connectivity index (χ0v) is 15.1. The molecule has 0 radical (unpaired) electrons. The molecule has 1 N–H and O–H groups in total. The first kappa shape index (κ1) is 16.4. The van der Waals surface area contributed by atoms with Crippen molar-refractivity contribution in [3.63, 3.8) is 0 Å². The van der Waals surface area contributed by atoms with Crippen LogP contribution in [0, 0.1) is 0 Å². The predicted molar refractivity (Wildman–Crippen MR) is 104 cm³/mol. The summed E-state index contributed by atoms with van der Waals surface area (Å²) in [7, 11) is 0. The van der Waals surface area contributed by atoms with Crippen LogP contribution in [-0.4, -0.2) is 25.9 Å². The van der Waals surface area contributed by atoms with Crippen LogP contribution in [0.25, 0.3) is 22.3 Å². The molecule has 26 heavy (non-hydrogen) atoms. The van der Waals surface area contributed by atoms with E-state index >= 15 is 0 Å². The lowest BCUT2D eigenvalue weighted by Gasteiger charge is -1.99. The fraction of sp³-hybridized carbons (Fsp3) is 0. The van der Waals surface area contributed by atoms with Crippen LogP contribution in [-0.2, 0) is 4.79 Å². The summed E-state index contributed by atoms with van der Waals surface area (Å²) in [5.41, 5.74) is 4.23. The lowest BCUT2D eigenvalue weighted by atomic mass is 10.2. The minimum Gasteiger partial charge on any atom is -0.297 e. The lowest BCUT2D eigenvalue weighted by molar-refractivity contribution is -0.111. The third-order valence-corrected chi connectivity index (χ3v) is 5.01. The van der Waals surface area contributed by atoms with E-state index in [0.29, 0.717) is 5.13 Å². The normalized spacial score (nSPS) is 11.1. The van der Waals surface area contributed by atoms with Gasteiger partial charge in [-0.1, -0.05) is 35.6 Å². The SMILES string of the molecule is O=C(/C=C/c1cn(-c2ccccc2)nc1-c1cccs1)Nc1nncs1. The molecule has 1 aromatic carbocycles. The molecule has 8 heteroatoms. The van der Waals surface area contributed by atoms with Crippen molar-refractivity contribution in [2.75, 3.05) is 5.32 Å². The van der Waals surface area contributed by atoms with Crippen LogP contribution in [0.3, 0.4) is 0 Å². The van der Waals surface area contributed by atoms with E-state index in [1.54, 1.807) is 22.9 Å². The first-order valence-electron chi connectivity index (χ1n) is 7.74. The van der Waals surface area contributed by atoms with Crippen LogP contribution in [0.15, 0.2) is 65.6 Å². The fourth-order valence-corrected chi connectivity index (χ4v) is 3.55. The number of amides is 1. The number of para-hydroxylation sites is 1. The Balaban J connectivity index is 1.64. The molecule has 0 saturated carbocycles. The molecular formula is C18H13N5OS2. The van der Waals surface area contributed by atoms with Gasteiger partial charge in [0.15, 0.2) is 0 Å². The van der Waals surface area contributed by atoms with Gasteiger partial charge in [-0.3, -0.25) is 10.1 Å². The number of rotatable bonds is 5. The van der Waals surface area contributed by atoms with Crippen molar-refractivity contribution in [1.82, 2.24) is 20.0 Å². The van der Waals surface area contributed by atoms with Gasteiger partial charge in [0.25, 0.3) is 0 Å². The summed E-state index contributed by atoms with van der Waals surface area (Å²) < 4.78 is 1.82. The number of aromatic nitrogens is 4. The highest BCUT2D eigenvalue weighted by Crippen LogP contribution is 2.28. The summed E-state index contributed by atoms with van der Waals surface area (Å²) in [6, 6.07) is 13.9. The Labute approximate surface area is 157 Å². The van der Waals surface area contributed by atoms with Gasteiger partial charge in [0.1, 0.15) is 11.2 Å². The molecule has 3 heterocycles. The highest BCUT2D eigenvalue weighted by molar-refractivity contribution is 7.13. The number of nitrogens with zero attached hydrogens (tertiary/aromatic N) is 4. The Morgan fingerprint density at radius 1 is 1.12 bits per heavy atom. The van der Waals surface area contributed by atoms with Gasteiger partial charge in [-0.15, -0.1) is 21.5 Å². The smallest absolute Gasteiger partial charge is 0.250 e. The van der Waals surface area contributed by atoms with Crippen LogP contribution >= 0.6 is 22.7 Å². The molecule has 1 amide bonds. The number of thiophene rings is 1. The van der Waals surface area contributed by atoms with Crippen LogP contribution in [0.4, 0.5) is 5.13 Å². The maximum Gasteiger partial charge on any atom is 0.250 e. The molecule has 0 fully saturated rings. The largest absolute Gasteiger partial charge is 0.297 e. The van der Waals surface area contributed by atoms with Gasteiger partial charge >= 0.3 is 0 Å². The summed E-state index contributed by atoms with van der Waals surface area (Å²) in [6.07, 6.45) is 5.15. The van der Waals surface area contributed by atoms with Gasteiger partial charge in [0, 0.05) is 17.8 Å². The average molecular weight is 379 g/mol. The lowest BCUT2D eigenvalue weighted by Crippen LogP contribution is -2.07. The van der Waals surface area contributed by atoms with E-state index in [1.165, 1.54) is 17.4 Å². The molecule has 0 atom stereocenters. The summed E-state index contributed by atoms with van der Waals surface area (Å²) in [5, 5.41) is 17.4. The number of hydrogen-bond acceptors (Lipinski definition) is 6. The van der Waals surface area contributed by atoms with Crippen molar-refractivity contribution in [3.05, 3.63) is 71.2 Å². The van der Waals surface area contributed by atoms with Crippen molar-refractivity contribution < 1.29 is 4.79 Å². The molecule has 0 spiro atoms. The standard InChI is InChI=1S/C18H13N5OS2/c24-16(20-18-21-19-12-26-18)9-8-13-11-23(14-5-2-1-3-6-14)22-17(13)15-7-4-10-25-15/h1-12H,(H,20,21,24)/b9-8+. The Morgan fingerprint density at radius 2 is 2.00 bits per heavy atom. The van der Waals surface area contributed by atoms with E-state index in [-0.39, 0.29) is 5.91 Å². The van der Waals surface area contributed by atoms with E-state index in [2.05, 4.69) is 15.5 Å². The molecule has 3 aromatic heterocycles. The Kier molecular flexibility index (Phi) is 4.67. The van der Waals surface area contributed by atoms with Gasteiger partial charge in [-0.25, -0.2) is 4.68 Å². The van der Waals surface area contributed by atoms with Gasteiger partial charge in [-0.2, -0.15) is 5.10 Å². The molecule has 6 nitrogen and oxygen atoms in total. The molecule has 0 aliphatic heterocycles. The maximum atomic E-state index is 12.1. The number of nitrogens with one attached hydrogen (secondary N) is 1. The van der Waals surface area contributed by atoms with Crippen molar-refractivity contribution in [2.24, 2.45) is 0 Å². The highest BCUT2D eigenvalue weighted by atomic mass is 32.1. The van der Waals surface area contributed by atoms with Crippen molar-refractivity contribution in [2.45, 2.75) is 0 Å². The Hall–Kier alpha value is -3.10. The van der Waals surface area contributed by atoms with Crippen LogP contribution < -0.4 is 5.32 Å². The second-order valence-electron chi connectivity index (χ2n) is 5.26. The third kappa shape index (κ3) is 3.61. The minimum atomic E-state index is -0.258. The fourth-order valence-electron chi connectivity index (χ4n) is 2.37. The number of carbonyl (C=O) groups is 1. The highest BCUT2D eigenvalue weighted by Gasteiger charge is 2.12. The molecule has 0 unspecified atom stereocenters. The van der Waals surface area contributed by atoms with Gasteiger partial charge in [0.2, 0.25) is 11.0 Å². The number of carbonyl (C=O) groups excluding carboxylic acids is 1. The van der Waals surface area contributed by atoms with Crippen LogP contribution in [0.5, 0.6) is 0 Å². The third-order valence-electron chi connectivity index (χ3n) is 3.52. The zero-order valence-electron chi connectivity index (χ0n) is 13.4. The summed E-state index contributed by atoms with van der Waals surface area (Å²) in [4.78, 5) is 13.1. The second-order valence-corrected chi connectivity index (χ2v) is 7.04. The summed E-state index contributed by atoms with van der Waals surface area (Å²) in [6.45, 7) is 0. The molecule has 0 aliphatic rings.